The summed E-state index contributed by atoms with van der Waals surface area (Å²) in [6.45, 7) is 1.74. The highest BCUT2D eigenvalue weighted by molar-refractivity contribution is 6.32. The van der Waals surface area contributed by atoms with Crippen LogP contribution in [0.1, 0.15) is 6.92 Å². The molecule has 126 valence electrons. The van der Waals surface area contributed by atoms with Gasteiger partial charge in [-0.15, -0.1) is 0 Å². The zero-order chi connectivity index (χ0) is 18.0. The second-order valence-electron chi connectivity index (χ2n) is 5.38. The zero-order valence-electron chi connectivity index (χ0n) is 13.2. The van der Waals surface area contributed by atoms with Gasteiger partial charge in [-0.25, -0.2) is 0 Å². The second kappa shape index (κ2) is 6.82. The Hall–Kier alpha value is -3.06. The minimum Gasteiger partial charge on any atom is -0.271 e. The molecule has 25 heavy (non-hydrogen) atoms. The van der Waals surface area contributed by atoms with Gasteiger partial charge >= 0.3 is 0 Å². The van der Waals surface area contributed by atoms with E-state index in [0.29, 0.717) is 17.1 Å². The van der Waals surface area contributed by atoms with Crippen LogP contribution < -0.4 is 5.01 Å². The molecule has 8 heteroatoms. The van der Waals surface area contributed by atoms with E-state index in [-0.39, 0.29) is 16.6 Å². The molecule has 0 unspecified atom stereocenters. The first-order valence-electron chi connectivity index (χ1n) is 7.39. The highest BCUT2D eigenvalue weighted by Crippen LogP contribution is 2.29. The van der Waals surface area contributed by atoms with E-state index in [1.165, 1.54) is 23.4 Å². The highest BCUT2D eigenvalue weighted by Gasteiger charge is 2.33. The Bertz CT molecular complexity index is 896. The van der Waals surface area contributed by atoms with E-state index in [1.807, 2.05) is 18.2 Å². The smallest absolute Gasteiger partial charge is 0.271 e. The number of nitro groups is 1. The largest absolute Gasteiger partial charge is 0.290 e. The molecule has 0 aromatic heterocycles. The number of para-hydroxylation sites is 1. The van der Waals surface area contributed by atoms with Crippen molar-refractivity contribution in [3.05, 3.63) is 63.7 Å². The van der Waals surface area contributed by atoms with Crippen LogP contribution in [-0.2, 0) is 4.79 Å². The lowest BCUT2D eigenvalue weighted by Crippen LogP contribution is -2.27. The lowest BCUT2D eigenvalue weighted by molar-refractivity contribution is -0.384. The van der Waals surface area contributed by atoms with Gasteiger partial charge in [0.05, 0.1) is 22.0 Å². The van der Waals surface area contributed by atoms with Crippen molar-refractivity contribution in [3.63, 3.8) is 0 Å². The number of rotatable bonds is 4. The summed E-state index contributed by atoms with van der Waals surface area (Å²) in [4.78, 5) is 27.1. The average molecular weight is 357 g/mol. The molecule has 0 saturated carbocycles. The van der Waals surface area contributed by atoms with Crippen molar-refractivity contribution in [2.75, 3.05) is 5.01 Å². The molecule has 2 aromatic carbocycles. The Morgan fingerprint density at radius 1 is 1.28 bits per heavy atom. The van der Waals surface area contributed by atoms with Crippen LogP contribution in [0.2, 0.25) is 5.02 Å². The summed E-state index contributed by atoms with van der Waals surface area (Å²) >= 11 is 5.78. The quantitative estimate of drug-likeness (QED) is 0.471. The van der Waals surface area contributed by atoms with Crippen molar-refractivity contribution in [1.29, 1.82) is 0 Å². The summed E-state index contributed by atoms with van der Waals surface area (Å²) in [6.07, 6.45) is 1.44. The number of carbonyl (C=O) groups is 1. The Kier molecular flexibility index (Phi) is 4.58. The van der Waals surface area contributed by atoms with Crippen molar-refractivity contribution in [2.24, 2.45) is 16.0 Å². The molecule has 7 nitrogen and oxygen atoms in total. The van der Waals surface area contributed by atoms with Gasteiger partial charge in [-0.1, -0.05) is 29.8 Å². The van der Waals surface area contributed by atoms with Crippen molar-refractivity contribution in [3.8, 4) is 0 Å². The molecule has 1 atom stereocenters. The lowest BCUT2D eigenvalue weighted by atomic mass is 10.1. The fourth-order valence-electron chi connectivity index (χ4n) is 2.39. The predicted octanol–water partition coefficient (Wildman–Crippen LogP) is 3.99. The van der Waals surface area contributed by atoms with Crippen molar-refractivity contribution in [2.45, 2.75) is 6.92 Å². The third kappa shape index (κ3) is 3.41. The Morgan fingerprint density at radius 2 is 2.00 bits per heavy atom. The number of aliphatic imine (C=N–C) groups is 1. The number of benzene rings is 2. The van der Waals surface area contributed by atoms with E-state index in [4.69, 9.17) is 11.6 Å². The summed E-state index contributed by atoms with van der Waals surface area (Å²) < 4.78 is 0. The summed E-state index contributed by atoms with van der Waals surface area (Å²) in [5.74, 6) is -0.842. The third-order valence-electron chi connectivity index (χ3n) is 3.68. The van der Waals surface area contributed by atoms with Gasteiger partial charge in [0.1, 0.15) is 10.9 Å². The number of amides is 1. The summed E-state index contributed by atoms with van der Waals surface area (Å²) in [5.41, 5.74) is 1.38. The molecule has 1 aliphatic rings. The van der Waals surface area contributed by atoms with Gasteiger partial charge < -0.3 is 0 Å². The fourth-order valence-corrected chi connectivity index (χ4v) is 2.57. The second-order valence-corrected chi connectivity index (χ2v) is 5.78. The molecule has 2 aromatic rings. The Morgan fingerprint density at radius 3 is 2.68 bits per heavy atom. The van der Waals surface area contributed by atoms with E-state index in [0.717, 1.165) is 0 Å². The zero-order valence-corrected chi connectivity index (χ0v) is 13.9. The summed E-state index contributed by atoms with van der Waals surface area (Å²) in [6, 6.07) is 13.3. The summed E-state index contributed by atoms with van der Waals surface area (Å²) in [7, 11) is 0. The van der Waals surface area contributed by atoms with Crippen LogP contribution in [0.3, 0.4) is 0 Å². The van der Waals surface area contributed by atoms with Gasteiger partial charge in [0.15, 0.2) is 0 Å². The molecule has 0 spiro atoms. The molecule has 0 aliphatic carbocycles. The van der Waals surface area contributed by atoms with E-state index in [1.54, 1.807) is 25.1 Å². The number of nitrogens with zero attached hydrogens (tertiary/aromatic N) is 4. The first-order valence-corrected chi connectivity index (χ1v) is 7.77. The first kappa shape index (κ1) is 16.8. The van der Waals surface area contributed by atoms with Crippen molar-refractivity contribution < 1.29 is 9.72 Å². The van der Waals surface area contributed by atoms with Crippen LogP contribution in [0.4, 0.5) is 17.1 Å². The normalized spacial score (nSPS) is 17.2. The molecule has 1 aliphatic heterocycles. The van der Waals surface area contributed by atoms with Gasteiger partial charge in [0.25, 0.3) is 11.6 Å². The van der Waals surface area contributed by atoms with Gasteiger partial charge in [-0.2, -0.15) is 10.1 Å². The standard InChI is InChI=1S/C17H13ClN4O3/c1-11-14(17(23)21(20-11)13-5-3-2-4-6-13)10-19-12-7-8-15(18)16(9-12)22(24)25/h2-10,14H,1H3/t14-/m0/s1. The summed E-state index contributed by atoms with van der Waals surface area (Å²) in [5, 5.41) is 16.6. The monoisotopic (exact) mass is 356 g/mol. The molecule has 0 saturated heterocycles. The van der Waals surface area contributed by atoms with Crippen LogP contribution in [0, 0.1) is 16.0 Å². The number of halogens is 1. The van der Waals surface area contributed by atoms with Crippen molar-refractivity contribution in [1.82, 2.24) is 0 Å². The number of nitro benzene ring substituents is 1. The van der Waals surface area contributed by atoms with Gasteiger partial charge in [-0.05, 0) is 31.2 Å². The van der Waals surface area contributed by atoms with Gasteiger partial charge in [0, 0.05) is 12.3 Å². The number of hydrogen-bond acceptors (Lipinski definition) is 5. The van der Waals surface area contributed by atoms with Crippen LogP contribution in [0.25, 0.3) is 0 Å². The molecule has 3 rings (SSSR count). The van der Waals surface area contributed by atoms with Crippen LogP contribution in [-0.4, -0.2) is 22.8 Å². The maximum Gasteiger partial charge on any atom is 0.290 e. The average Bonchev–Trinajstić information content (AvgIpc) is 2.89. The van der Waals surface area contributed by atoms with Crippen LogP contribution in [0.15, 0.2) is 58.6 Å². The number of hydrogen-bond donors (Lipinski definition) is 0. The molecular weight excluding hydrogens is 344 g/mol. The first-order chi connectivity index (χ1) is 12.0. The van der Waals surface area contributed by atoms with E-state index in [9.17, 15) is 14.9 Å². The Balaban J connectivity index is 1.83. The molecule has 0 fully saturated rings. The minimum atomic E-state index is -0.616. The maximum absolute atomic E-state index is 12.6. The fraction of sp³-hybridized carbons (Fsp3) is 0.118. The number of carbonyl (C=O) groups excluding carboxylic acids is 1. The molecule has 0 bridgehead atoms. The van der Waals surface area contributed by atoms with E-state index in [2.05, 4.69) is 10.1 Å². The molecule has 1 heterocycles. The maximum atomic E-state index is 12.6. The van der Waals surface area contributed by atoms with E-state index >= 15 is 0 Å². The number of anilines is 1. The Labute approximate surface area is 148 Å². The van der Waals surface area contributed by atoms with E-state index < -0.39 is 10.8 Å². The predicted molar refractivity (Wildman–Crippen MR) is 96.8 cm³/mol. The molecular formula is C17H13ClN4O3. The molecule has 1 amide bonds. The molecule has 0 N–H and O–H groups in total. The molecule has 0 radical (unpaired) electrons. The van der Waals surface area contributed by atoms with Gasteiger partial charge in [0.2, 0.25) is 0 Å². The topological polar surface area (TPSA) is 88.2 Å². The lowest BCUT2D eigenvalue weighted by Gasteiger charge is -2.12. The van der Waals surface area contributed by atoms with Crippen LogP contribution in [0.5, 0.6) is 0 Å². The third-order valence-corrected chi connectivity index (χ3v) is 4.00. The SMILES string of the molecule is CC1=NN(c2ccccc2)C(=O)[C@H]1C=Nc1ccc(Cl)c([N+](=O)[O-])c1. The highest BCUT2D eigenvalue weighted by atomic mass is 35.5. The van der Waals surface area contributed by atoms with Crippen molar-refractivity contribution >= 4 is 46.5 Å². The van der Waals surface area contributed by atoms with Crippen LogP contribution >= 0.6 is 11.6 Å². The minimum absolute atomic E-state index is 0.0360. The van der Waals surface area contributed by atoms with Gasteiger partial charge in [-0.3, -0.25) is 19.9 Å². The number of hydrazone groups is 1.